The molecule has 0 saturated carbocycles. The zero-order valence-electron chi connectivity index (χ0n) is 10.8. The summed E-state index contributed by atoms with van der Waals surface area (Å²) in [5.74, 6) is 2.54. The fraction of sp³-hybridized carbons (Fsp3) is 1.00. The summed E-state index contributed by atoms with van der Waals surface area (Å²) in [6.07, 6.45) is 6.88. The molecule has 2 unspecified atom stereocenters. The van der Waals surface area contributed by atoms with Gasteiger partial charge in [-0.15, -0.1) is 0 Å². The van der Waals surface area contributed by atoms with E-state index in [1.807, 2.05) is 11.8 Å². The molecule has 1 N–H and O–H groups in total. The van der Waals surface area contributed by atoms with E-state index >= 15 is 0 Å². The van der Waals surface area contributed by atoms with Crippen LogP contribution in [-0.2, 0) is 4.74 Å². The molecular formula is C13H27NOS. The van der Waals surface area contributed by atoms with Crippen molar-refractivity contribution in [2.45, 2.75) is 58.1 Å². The van der Waals surface area contributed by atoms with Crippen molar-refractivity contribution in [2.75, 3.05) is 24.7 Å². The van der Waals surface area contributed by atoms with Gasteiger partial charge < -0.3 is 10.1 Å². The lowest BCUT2D eigenvalue weighted by Gasteiger charge is -2.16. The van der Waals surface area contributed by atoms with Crippen molar-refractivity contribution in [3.8, 4) is 0 Å². The van der Waals surface area contributed by atoms with E-state index in [1.54, 1.807) is 0 Å². The molecule has 1 saturated heterocycles. The second-order valence-electron chi connectivity index (χ2n) is 4.62. The molecule has 3 heteroatoms. The summed E-state index contributed by atoms with van der Waals surface area (Å²) in [6, 6.07) is 0.649. The molecule has 2 nitrogen and oxygen atoms in total. The Morgan fingerprint density at radius 2 is 2.38 bits per heavy atom. The lowest BCUT2D eigenvalue weighted by molar-refractivity contribution is 0.100. The van der Waals surface area contributed by atoms with Gasteiger partial charge >= 0.3 is 0 Å². The van der Waals surface area contributed by atoms with Crippen molar-refractivity contribution in [2.24, 2.45) is 0 Å². The summed E-state index contributed by atoms with van der Waals surface area (Å²) < 4.78 is 5.63. The number of ether oxygens (including phenoxy) is 1. The average Bonchev–Trinajstić information content (AvgIpc) is 2.79. The van der Waals surface area contributed by atoms with Gasteiger partial charge in [0.25, 0.3) is 0 Å². The Kier molecular flexibility index (Phi) is 8.34. The summed E-state index contributed by atoms with van der Waals surface area (Å²) in [6.45, 7) is 6.67. The van der Waals surface area contributed by atoms with Crippen molar-refractivity contribution >= 4 is 11.8 Å². The lowest BCUT2D eigenvalue weighted by Crippen LogP contribution is -2.28. The Morgan fingerprint density at radius 1 is 1.50 bits per heavy atom. The van der Waals surface area contributed by atoms with Gasteiger partial charge in [0.1, 0.15) is 0 Å². The number of hydrogen-bond acceptors (Lipinski definition) is 3. The zero-order valence-corrected chi connectivity index (χ0v) is 11.7. The van der Waals surface area contributed by atoms with Gasteiger partial charge in [-0.1, -0.05) is 6.92 Å². The zero-order chi connectivity index (χ0) is 11.6. The minimum atomic E-state index is 0.555. The highest BCUT2D eigenvalue weighted by atomic mass is 32.2. The molecule has 0 spiro atoms. The smallest absolute Gasteiger partial charge is 0.0576 e. The summed E-state index contributed by atoms with van der Waals surface area (Å²) >= 11 is 2.03. The topological polar surface area (TPSA) is 21.3 Å². The predicted molar refractivity (Wildman–Crippen MR) is 73.3 cm³/mol. The van der Waals surface area contributed by atoms with Crippen LogP contribution in [0.1, 0.15) is 46.0 Å². The quantitative estimate of drug-likeness (QED) is 0.631. The van der Waals surface area contributed by atoms with Crippen LogP contribution < -0.4 is 5.32 Å². The van der Waals surface area contributed by atoms with E-state index in [2.05, 4.69) is 19.2 Å². The lowest BCUT2D eigenvalue weighted by atomic mass is 10.1. The highest BCUT2D eigenvalue weighted by Gasteiger charge is 2.15. The summed E-state index contributed by atoms with van der Waals surface area (Å²) in [5.41, 5.74) is 0. The van der Waals surface area contributed by atoms with E-state index in [-0.39, 0.29) is 0 Å². The normalized spacial score (nSPS) is 22.5. The van der Waals surface area contributed by atoms with Crippen LogP contribution in [0.5, 0.6) is 0 Å². The molecule has 0 aromatic carbocycles. The third-order valence-corrected chi connectivity index (χ3v) is 4.09. The van der Waals surface area contributed by atoms with Crippen LogP contribution in [0.25, 0.3) is 0 Å². The van der Waals surface area contributed by atoms with E-state index in [1.165, 1.54) is 50.2 Å². The molecule has 2 atom stereocenters. The van der Waals surface area contributed by atoms with Crippen LogP contribution in [-0.4, -0.2) is 36.8 Å². The van der Waals surface area contributed by atoms with E-state index < -0.39 is 0 Å². The van der Waals surface area contributed by atoms with E-state index in [0.717, 1.165) is 6.61 Å². The van der Waals surface area contributed by atoms with Gasteiger partial charge in [0.05, 0.1) is 6.10 Å². The first-order valence-corrected chi connectivity index (χ1v) is 7.91. The second kappa shape index (κ2) is 9.32. The molecule has 1 fully saturated rings. The summed E-state index contributed by atoms with van der Waals surface area (Å²) in [4.78, 5) is 0. The second-order valence-corrected chi connectivity index (χ2v) is 6.01. The van der Waals surface area contributed by atoms with Crippen molar-refractivity contribution in [3.05, 3.63) is 0 Å². The highest BCUT2D eigenvalue weighted by molar-refractivity contribution is 7.99. The van der Waals surface area contributed by atoms with E-state index in [9.17, 15) is 0 Å². The molecule has 0 radical (unpaired) electrons. The monoisotopic (exact) mass is 245 g/mol. The van der Waals surface area contributed by atoms with E-state index in [4.69, 9.17) is 4.74 Å². The minimum Gasteiger partial charge on any atom is -0.378 e. The molecule has 0 bridgehead atoms. The van der Waals surface area contributed by atoms with Gasteiger partial charge in [0, 0.05) is 12.6 Å². The number of hydrogen-bond donors (Lipinski definition) is 1. The van der Waals surface area contributed by atoms with Gasteiger partial charge in [0.2, 0.25) is 0 Å². The minimum absolute atomic E-state index is 0.555. The predicted octanol–water partition coefficient (Wildman–Crippen LogP) is 3.07. The standard InChI is InChI=1S/C13H27NOS/c1-3-16-11-5-9-14-12(2)7-8-13-6-4-10-15-13/h12-14H,3-11H2,1-2H3. The van der Waals surface area contributed by atoms with Crippen molar-refractivity contribution < 1.29 is 4.74 Å². The highest BCUT2D eigenvalue weighted by Crippen LogP contribution is 2.17. The van der Waals surface area contributed by atoms with E-state index in [0.29, 0.717) is 12.1 Å². The molecule has 1 rings (SSSR count). The number of nitrogens with one attached hydrogen (secondary N) is 1. The molecule has 1 heterocycles. The molecule has 16 heavy (non-hydrogen) atoms. The maximum Gasteiger partial charge on any atom is 0.0576 e. The summed E-state index contributed by atoms with van der Waals surface area (Å²) in [5, 5.41) is 3.60. The first-order valence-electron chi connectivity index (χ1n) is 6.75. The first-order chi connectivity index (χ1) is 7.83. The molecule has 0 aromatic heterocycles. The molecule has 0 amide bonds. The van der Waals surface area contributed by atoms with Gasteiger partial charge in [0.15, 0.2) is 0 Å². The van der Waals surface area contributed by atoms with Crippen LogP contribution in [0.4, 0.5) is 0 Å². The molecule has 1 aliphatic heterocycles. The Hall–Kier alpha value is 0.270. The van der Waals surface area contributed by atoms with Crippen molar-refractivity contribution in [3.63, 3.8) is 0 Å². The number of rotatable bonds is 9. The van der Waals surface area contributed by atoms with Crippen LogP contribution in [0.2, 0.25) is 0 Å². The number of thioether (sulfide) groups is 1. The van der Waals surface area contributed by atoms with Crippen LogP contribution >= 0.6 is 11.8 Å². The third-order valence-electron chi connectivity index (χ3n) is 3.11. The third kappa shape index (κ3) is 6.77. The van der Waals surface area contributed by atoms with Gasteiger partial charge in [-0.05, 0) is 57.1 Å². The van der Waals surface area contributed by atoms with Gasteiger partial charge in [-0.3, -0.25) is 0 Å². The van der Waals surface area contributed by atoms with Gasteiger partial charge in [-0.25, -0.2) is 0 Å². The molecular weight excluding hydrogens is 218 g/mol. The van der Waals surface area contributed by atoms with Crippen molar-refractivity contribution in [1.82, 2.24) is 5.32 Å². The maximum absolute atomic E-state index is 5.63. The fourth-order valence-corrected chi connectivity index (χ4v) is 2.71. The van der Waals surface area contributed by atoms with Crippen molar-refractivity contribution in [1.29, 1.82) is 0 Å². The molecule has 0 aliphatic carbocycles. The molecule has 96 valence electrons. The Labute approximate surface area is 105 Å². The fourth-order valence-electron chi connectivity index (χ4n) is 2.08. The van der Waals surface area contributed by atoms with Crippen LogP contribution in [0.3, 0.4) is 0 Å². The Bertz CT molecular complexity index is 160. The SMILES string of the molecule is CCSCCCNC(C)CCC1CCCO1. The molecule has 1 aliphatic rings. The van der Waals surface area contributed by atoms with Crippen LogP contribution in [0.15, 0.2) is 0 Å². The Morgan fingerprint density at radius 3 is 3.06 bits per heavy atom. The Balaban J connectivity index is 1.87. The summed E-state index contributed by atoms with van der Waals surface area (Å²) in [7, 11) is 0. The maximum atomic E-state index is 5.63. The largest absolute Gasteiger partial charge is 0.378 e. The van der Waals surface area contributed by atoms with Gasteiger partial charge in [-0.2, -0.15) is 11.8 Å². The van der Waals surface area contributed by atoms with Crippen LogP contribution in [0, 0.1) is 0 Å². The first kappa shape index (κ1) is 14.3. The average molecular weight is 245 g/mol. The molecule has 0 aromatic rings.